The van der Waals surface area contributed by atoms with Gasteiger partial charge in [-0.05, 0) is 19.1 Å². The van der Waals surface area contributed by atoms with Crippen molar-refractivity contribution in [3.63, 3.8) is 0 Å². The number of nitrogens with one attached hydrogen (secondary N) is 2. The van der Waals surface area contributed by atoms with Gasteiger partial charge in [0.05, 0.1) is 0 Å². The summed E-state index contributed by atoms with van der Waals surface area (Å²) in [5, 5.41) is 2.75. The molecule has 1 aromatic carbocycles. The van der Waals surface area contributed by atoms with E-state index in [4.69, 9.17) is 0 Å². The highest BCUT2D eigenvalue weighted by Gasteiger charge is 2.13. The third-order valence-corrected chi connectivity index (χ3v) is 3.15. The van der Waals surface area contributed by atoms with Crippen LogP contribution in [-0.4, -0.2) is 14.8 Å². The van der Waals surface area contributed by atoms with E-state index >= 15 is 0 Å². The van der Waals surface area contributed by atoms with Crippen LogP contribution < -0.4 is 16.5 Å². The normalized spacial score (nSPS) is 11.2. The third kappa shape index (κ3) is 1.53. The van der Waals surface area contributed by atoms with Crippen LogP contribution in [0.3, 0.4) is 0 Å². The maximum Gasteiger partial charge on any atom is 0.287 e. The molecule has 2 aromatic heterocycles. The molecule has 0 spiro atoms. The van der Waals surface area contributed by atoms with Crippen LogP contribution >= 0.6 is 0 Å². The van der Waals surface area contributed by atoms with Crippen LogP contribution in [0.4, 0.5) is 0 Å². The summed E-state index contributed by atoms with van der Waals surface area (Å²) in [5.41, 5.74) is -0.802. The molecule has 96 valence electrons. The summed E-state index contributed by atoms with van der Waals surface area (Å²) in [6.45, 7) is 2.02. The second-order valence-electron chi connectivity index (χ2n) is 4.24. The predicted octanol–water partition coefficient (Wildman–Crippen LogP) is 0.551. The first-order valence-corrected chi connectivity index (χ1v) is 5.91. The van der Waals surface area contributed by atoms with Gasteiger partial charge < -0.3 is 4.98 Å². The van der Waals surface area contributed by atoms with Gasteiger partial charge in [-0.2, -0.15) is 0 Å². The predicted molar refractivity (Wildman–Crippen MR) is 72.6 cm³/mol. The number of aromatic amines is 2. The summed E-state index contributed by atoms with van der Waals surface area (Å²) in [5.74, 6) is 0. The fourth-order valence-corrected chi connectivity index (χ4v) is 2.20. The summed E-state index contributed by atoms with van der Waals surface area (Å²) in [6, 6.07) is 6.80. The summed E-state index contributed by atoms with van der Waals surface area (Å²) < 4.78 is 1.13. The molecule has 0 atom stereocenters. The Bertz CT molecular complexity index is 963. The van der Waals surface area contributed by atoms with Crippen molar-refractivity contribution >= 4 is 21.8 Å². The second kappa shape index (κ2) is 3.94. The number of hydrogen-bond donors (Lipinski definition) is 2. The molecule has 0 radical (unpaired) electrons. The molecule has 6 heteroatoms. The van der Waals surface area contributed by atoms with E-state index in [2.05, 4.69) is 10.1 Å². The number of pyridine rings is 1. The number of fused-ring (bicyclic) bond motifs is 2. The Morgan fingerprint density at radius 1 is 1.16 bits per heavy atom. The maximum absolute atomic E-state index is 12.3. The summed E-state index contributed by atoms with van der Waals surface area (Å²) >= 11 is 0. The molecule has 3 rings (SSSR count). The second-order valence-corrected chi connectivity index (χ2v) is 4.24. The standard InChI is InChI=1S/C13H11N3O3/c1-2-16-13(19)9-10(12(18)15-16)14-8-6-4-3-5-7(8)11(9)17/h3-6H,2H2,1H3,(H,14,17)(H,15,18). The van der Waals surface area contributed by atoms with Gasteiger partial charge in [-0.1, -0.05) is 12.1 Å². The maximum atomic E-state index is 12.3. The molecule has 19 heavy (non-hydrogen) atoms. The van der Waals surface area contributed by atoms with Crippen molar-refractivity contribution < 1.29 is 0 Å². The van der Waals surface area contributed by atoms with Gasteiger partial charge in [0.2, 0.25) is 5.43 Å². The van der Waals surface area contributed by atoms with Crippen LogP contribution in [0.25, 0.3) is 21.8 Å². The molecular formula is C13H11N3O3. The average molecular weight is 257 g/mol. The van der Waals surface area contributed by atoms with Crippen molar-refractivity contribution in [2.75, 3.05) is 0 Å². The fraction of sp³-hybridized carbons (Fsp3) is 0.154. The monoisotopic (exact) mass is 257 g/mol. The van der Waals surface area contributed by atoms with Crippen LogP contribution in [-0.2, 0) is 6.54 Å². The molecule has 3 aromatic rings. The molecule has 2 N–H and O–H groups in total. The lowest BCUT2D eigenvalue weighted by molar-refractivity contribution is 0.613. The van der Waals surface area contributed by atoms with Crippen LogP contribution in [0.15, 0.2) is 38.6 Å². The smallest absolute Gasteiger partial charge is 0.287 e. The minimum atomic E-state index is -0.482. The zero-order valence-corrected chi connectivity index (χ0v) is 10.2. The molecule has 0 bridgehead atoms. The molecule has 0 aliphatic rings. The molecule has 2 heterocycles. The highest BCUT2D eigenvalue weighted by molar-refractivity contribution is 5.91. The van der Waals surface area contributed by atoms with Gasteiger partial charge in [0.1, 0.15) is 10.9 Å². The van der Waals surface area contributed by atoms with Gasteiger partial charge in [0.15, 0.2) is 0 Å². The first-order chi connectivity index (χ1) is 9.13. The molecule has 0 amide bonds. The van der Waals surface area contributed by atoms with Crippen LogP contribution in [0.2, 0.25) is 0 Å². The molecule has 0 aliphatic carbocycles. The number of H-pyrrole nitrogens is 2. The molecule has 0 fully saturated rings. The topological polar surface area (TPSA) is 87.7 Å². The van der Waals surface area contributed by atoms with Crippen molar-refractivity contribution in [2.45, 2.75) is 13.5 Å². The van der Waals surface area contributed by atoms with E-state index in [9.17, 15) is 14.4 Å². The molecule has 0 aliphatic heterocycles. The van der Waals surface area contributed by atoms with Crippen LogP contribution in [0, 0.1) is 0 Å². The van der Waals surface area contributed by atoms with E-state index < -0.39 is 16.5 Å². The highest BCUT2D eigenvalue weighted by Crippen LogP contribution is 2.08. The lowest BCUT2D eigenvalue weighted by Gasteiger charge is -2.05. The number of aromatic nitrogens is 3. The van der Waals surface area contributed by atoms with Crippen LogP contribution in [0.5, 0.6) is 0 Å². The van der Waals surface area contributed by atoms with Crippen molar-refractivity contribution in [2.24, 2.45) is 0 Å². The number of aryl methyl sites for hydroxylation is 1. The Balaban J connectivity index is 2.71. The van der Waals surface area contributed by atoms with Gasteiger partial charge in [-0.15, -0.1) is 0 Å². The summed E-state index contributed by atoms with van der Waals surface area (Å²) in [6.07, 6.45) is 0. The molecule has 6 nitrogen and oxygen atoms in total. The highest BCUT2D eigenvalue weighted by atomic mass is 16.2. The first-order valence-electron chi connectivity index (χ1n) is 5.91. The van der Waals surface area contributed by atoms with Gasteiger partial charge in [-0.25, -0.2) is 4.68 Å². The van der Waals surface area contributed by atoms with Crippen LogP contribution in [0.1, 0.15) is 6.92 Å². The van der Waals surface area contributed by atoms with E-state index in [1.165, 1.54) is 0 Å². The van der Waals surface area contributed by atoms with E-state index in [1.807, 2.05) is 0 Å². The van der Waals surface area contributed by atoms with Crippen molar-refractivity contribution in [3.05, 3.63) is 55.2 Å². The lowest BCUT2D eigenvalue weighted by atomic mass is 10.1. The Hall–Kier alpha value is -2.63. The minimum Gasteiger partial charge on any atom is -0.350 e. The Labute approximate surface area is 106 Å². The van der Waals surface area contributed by atoms with Gasteiger partial charge in [0, 0.05) is 17.4 Å². The number of rotatable bonds is 1. The average Bonchev–Trinajstić information content (AvgIpc) is 2.42. The molecule has 0 saturated carbocycles. The van der Waals surface area contributed by atoms with Crippen molar-refractivity contribution in [3.8, 4) is 0 Å². The zero-order valence-electron chi connectivity index (χ0n) is 10.2. The summed E-state index contributed by atoms with van der Waals surface area (Å²) in [7, 11) is 0. The van der Waals surface area contributed by atoms with E-state index in [-0.39, 0.29) is 10.9 Å². The Morgan fingerprint density at radius 3 is 2.63 bits per heavy atom. The van der Waals surface area contributed by atoms with E-state index in [0.29, 0.717) is 17.4 Å². The van der Waals surface area contributed by atoms with E-state index in [1.54, 1.807) is 31.2 Å². The largest absolute Gasteiger partial charge is 0.350 e. The molecule has 0 unspecified atom stereocenters. The third-order valence-electron chi connectivity index (χ3n) is 3.15. The van der Waals surface area contributed by atoms with Gasteiger partial charge in [0.25, 0.3) is 11.1 Å². The summed E-state index contributed by atoms with van der Waals surface area (Å²) in [4.78, 5) is 39.3. The zero-order chi connectivity index (χ0) is 13.6. The van der Waals surface area contributed by atoms with Gasteiger partial charge >= 0.3 is 0 Å². The lowest BCUT2D eigenvalue weighted by Crippen LogP contribution is -2.33. The van der Waals surface area contributed by atoms with Crippen molar-refractivity contribution in [1.82, 2.24) is 14.8 Å². The number of para-hydroxylation sites is 1. The quantitative estimate of drug-likeness (QED) is 0.624. The number of hydrogen-bond acceptors (Lipinski definition) is 3. The first kappa shape index (κ1) is 11.5. The Kier molecular flexibility index (Phi) is 2.38. The van der Waals surface area contributed by atoms with Gasteiger partial charge in [-0.3, -0.25) is 19.5 Å². The number of benzene rings is 1. The SMILES string of the molecule is CCn1[nH]c(=O)c2[nH]c3ccccc3c(=O)c2c1=O. The molecular weight excluding hydrogens is 246 g/mol. The Morgan fingerprint density at radius 2 is 1.89 bits per heavy atom. The number of nitrogens with zero attached hydrogens (tertiary/aromatic N) is 1. The fourth-order valence-electron chi connectivity index (χ4n) is 2.20. The van der Waals surface area contributed by atoms with Crippen molar-refractivity contribution in [1.29, 1.82) is 0 Å². The molecule has 0 saturated heterocycles. The minimum absolute atomic E-state index is 0.0263. The van der Waals surface area contributed by atoms with E-state index in [0.717, 1.165) is 4.68 Å².